The number of amides is 1. The van der Waals surface area contributed by atoms with Crippen LogP contribution in [0.3, 0.4) is 0 Å². The van der Waals surface area contributed by atoms with E-state index >= 15 is 0 Å². The number of carbonyl (C=O) groups excluding carboxylic acids is 1. The first-order valence-electron chi connectivity index (χ1n) is 9.85. The molecule has 32 heavy (non-hydrogen) atoms. The van der Waals surface area contributed by atoms with E-state index in [-0.39, 0.29) is 24.4 Å². The van der Waals surface area contributed by atoms with Crippen LogP contribution in [0.2, 0.25) is 0 Å². The predicted octanol–water partition coefficient (Wildman–Crippen LogP) is 4.92. The Labute approximate surface area is 185 Å². The molecule has 1 heterocycles. The van der Waals surface area contributed by atoms with Gasteiger partial charge in [-0.05, 0) is 37.2 Å². The molecular formula is C20H23F6N3O2S. The summed E-state index contributed by atoms with van der Waals surface area (Å²) in [4.78, 5) is 17.5. The van der Waals surface area contributed by atoms with Crippen LogP contribution in [0.1, 0.15) is 39.8 Å². The highest BCUT2D eigenvalue weighted by Crippen LogP contribution is 2.34. The van der Waals surface area contributed by atoms with E-state index in [1.165, 1.54) is 12.1 Å². The molecular weight excluding hydrogens is 460 g/mol. The first-order valence-corrected chi connectivity index (χ1v) is 10.7. The summed E-state index contributed by atoms with van der Waals surface area (Å²) < 4.78 is 80.9. The number of benzene rings is 1. The highest BCUT2D eigenvalue weighted by atomic mass is 32.1. The minimum absolute atomic E-state index is 0.0711. The summed E-state index contributed by atoms with van der Waals surface area (Å²) in [5.74, 6) is -1.34. The number of aromatic nitrogens is 1. The van der Waals surface area contributed by atoms with Crippen molar-refractivity contribution in [2.75, 3.05) is 26.2 Å². The molecule has 0 spiro atoms. The average Bonchev–Trinajstić information content (AvgIpc) is 3.13. The van der Waals surface area contributed by atoms with Gasteiger partial charge in [-0.3, -0.25) is 4.79 Å². The molecule has 1 aromatic carbocycles. The Kier molecular flexibility index (Phi) is 8.90. The number of likely N-dealkylation sites (N-methyl/N-ethyl adjacent to an activating group) is 1. The van der Waals surface area contributed by atoms with Gasteiger partial charge in [-0.15, -0.1) is 24.5 Å². The second-order valence-corrected chi connectivity index (χ2v) is 7.84. The van der Waals surface area contributed by atoms with Crippen molar-refractivity contribution in [1.29, 1.82) is 0 Å². The fraction of sp³-hybridized carbons (Fsp3) is 0.500. The molecule has 2 rings (SSSR count). The summed E-state index contributed by atoms with van der Waals surface area (Å²) in [6, 6.07) is 5.15. The zero-order valence-electron chi connectivity index (χ0n) is 17.4. The first-order chi connectivity index (χ1) is 14.9. The number of alkyl halides is 6. The lowest BCUT2D eigenvalue weighted by molar-refractivity contribution is -0.274. The molecule has 2 aromatic rings. The fourth-order valence-corrected chi connectivity index (χ4v) is 3.90. The fourth-order valence-electron chi connectivity index (χ4n) is 2.91. The first kappa shape index (κ1) is 25.9. The average molecular weight is 483 g/mol. The zero-order chi connectivity index (χ0) is 23.9. The molecule has 12 heteroatoms. The summed E-state index contributed by atoms with van der Waals surface area (Å²) >= 11 is 0.698. The third kappa shape index (κ3) is 7.97. The molecule has 0 fully saturated rings. The molecule has 0 saturated heterocycles. The van der Waals surface area contributed by atoms with Crippen molar-refractivity contribution < 1.29 is 35.9 Å². The van der Waals surface area contributed by atoms with Crippen LogP contribution in [-0.2, 0) is 19.0 Å². The van der Waals surface area contributed by atoms with E-state index in [2.05, 4.69) is 15.0 Å². The maximum atomic E-state index is 13.4. The van der Waals surface area contributed by atoms with E-state index in [0.29, 0.717) is 23.4 Å². The van der Waals surface area contributed by atoms with Crippen LogP contribution in [0, 0.1) is 0 Å². The van der Waals surface area contributed by atoms with Crippen LogP contribution >= 0.6 is 11.3 Å². The van der Waals surface area contributed by atoms with E-state index in [1.807, 2.05) is 18.7 Å². The third-order valence-corrected chi connectivity index (χ3v) is 5.63. The molecule has 178 valence electrons. The van der Waals surface area contributed by atoms with Crippen molar-refractivity contribution in [3.8, 4) is 5.75 Å². The van der Waals surface area contributed by atoms with E-state index < -0.39 is 34.8 Å². The smallest absolute Gasteiger partial charge is 0.406 e. The Balaban J connectivity index is 2.03. The number of rotatable bonds is 10. The molecule has 0 bridgehead atoms. The van der Waals surface area contributed by atoms with Crippen molar-refractivity contribution in [2.45, 2.75) is 39.2 Å². The largest absolute Gasteiger partial charge is 0.573 e. The van der Waals surface area contributed by atoms with Gasteiger partial charge in [0.25, 0.3) is 5.91 Å². The molecule has 0 saturated carbocycles. The van der Waals surface area contributed by atoms with Gasteiger partial charge in [0.1, 0.15) is 10.6 Å². The van der Waals surface area contributed by atoms with Gasteiger partial charge in [0.15, 0.2) is 5.69 Å². The minimum atomic E-state index is -4.84. The molecule has 0 atom stereocenters. The van der Waals surface area contributed by atoms with Crippen LogP contribution in [0.4, 0.5) is 26.3 Å². The van der Waals surface area contributed by atoms with Crippen LogP contribution < -0.4 is 10.1 Å². The second-order valence-electron chi connectivity index (χ2n) is 6.76. The second kappa shape index (κ2) is 11.0. The monoisotopic (exact) mass is 483 g/mol. The molecule has 5 nitrogen and oxygen atoms in total. The Morgan fingerprint density at radius 1 is 1.12 bits per heavy atom. The maximum Gasteiger partial charge on any atom is 0.573 e. The number of halogens is 6. The van der Waals surface area contributed by atoms with Gasteiger partial charge in [-0.25, -0.2) is 4.98 Å². The van der Waals surface area contributed by atoms with E-state index in [0.717, 1.165) is 25.2 Å². The number of hydrogen-bond donors (Lipinski definition) is 1. The van der Waals surface area contributed by atoms with Crippen molar-refractivity contribution >= 4 is 17.2 Å². The molecule has 0 aliphatic heterocycles. The van der Waals surface area contributed by atoms with Crippen LogP contribution in [-0.4, -0.2) is 48.3 Å². The van der Waals surface area contributed by atoms with Gasteiger partial charge in [0.2, 0.25) is 0 Å². The zero-order valence-corrected chi connectivity index (χ0v) is 18.3. The topological polar surface area (TPSA) is 54.5 Å². The highest BCUT2D eigenvalue weighted by Gasteiger charge is 2.39. The van der Waals surface area contributed by atoms with Crippen LogP contribution in [0.15, 0.2) is 24.3 Å². The molecule has 0 aliphatic carbocycles. The van der Waals surface area contributed by atoms with Gasteiger partial charge in [-0.2, -0.15) is 13.2 Å². The van der Waals surface area contributed by atoms with Crippen LogP contribution in [0.5, 0.6) is 5.75 Å². The Hall–Kier alpha value is -2.34. The predicted molar refractivity (Wildman–Crippen MR) is 108 cm³/mol. The van der Waals surface area contributed by atoms with Gasteiger partial charge in [0.05, 0.1) is 5.01 Å². The van der Waals surface area contributed by atoms with E-state index in [4.69, 9.17) is 0 Å². The number of nitrogens with one attached hydrogen (secondary N) is 1. The van der Waals surface area contributed by atoms with Gasteiger partial charge in [0, 0.05) is 19.5 Å². The maximum absolute atomic E-state index is 13.4. The number of nitrogens with zero attached hydrogens (tertiary/aromatic N) is 2. The Bertz CT molecular complexity index is 894. The van der Waals surface area contributed by atoms with Gasteiger partial charge in [-0.1, -0.05) is 26.0 Å². The molecule has 0 aliphatic rings. The van der Waals surface area contributed by atoms with E-state index in [1.54, 1.807) is 0 Å². The minimum Gasteiger partial charge on any atom is -0.406 e. The highest BCUT2D eigenvalue weighted by molar-refractivity contribution is 7.13. The van der Waals surface area contributed by atoms with E-state index in [9.17, 15) is 31.1 Å². The summed E-state index contributed by atoms with van der Waals surface area (Å²) in [5.41, 5.74) is -0.803. The summed E-state index contributed by atoms with van der Waals surface area (Å²) in [6.45, 7) is 5.83. The lowest BCUT2D eigenvalue weighted by Gasteiger charge is -2.16. The normalized spacial score (nSPS) is 12.3. The standard InChI is InChI=1S/C20H23F6N3O2S/c1-3-29(4-2)11-9-15-28-17(19(21,22)23)16(32-15)18(30)27-10-8-13-6-5-7-14(12-13)31-20(24,25)26/h5-7,12H,3-4,8-11H2,1-2H3,(H,27,30). The Morgan fingerprint density at radius 3 is 2.41 bits per heavy atom. The van der Waals surface area contributed by atoms with Crippen molar-refractivity contribution in [1.82, 2.24) is 15.2 Å². The molecule has 1 N–H and O–H groups in total. The van der Waals surface area contributed by atoms with Gasteiger partial charge < -0.3 is 15.0 Å². The summed E-state index contributed by atoms with van der Waals surface area (Å²) in [6.07, 6.45) is -9.22. The quantitative estimate of drug-likeness (QED) is 0.488. The number of hydrogen-bond acceptors (Lipinski definition) is 5. The van der Waals surface area contributed by atoms with Crippen molar-refractivity contribution in [2.24, 2.45) is 0 Å². The number of carbonyl (C=O) groups is 1. The summed E-state index contributed by atoms with van der Waals surface area (Å²) in [5, 5.41) is 2.60. The summed E-state index contributed by atoms with van der Waals surface area (Å²) in [7, 11) is 0. The van der Waals surface area contributed by atoms with Crippen LogP contribution in [0.25, 0.3) is 0 Å². The van der Waals surface area contributed by atoms with Gasteiger partial charge >= 0.3 is 12.5 Å². The third-order valence-electron chi connectivity index (χ3n) is 4.51. The number of ether oxygens (including phenoxy) is 1. The molecule has 0 unspecified atom stereocenters. The Morgan fingerprint density at radius 2 is 1.81 bits per heavy atom. The lowest BCUT2D eigenvalue weighted by atomic mass is 10.1. The van der Waals surface area contributed by atoms with Crippen molar-refractivity contribution in [3.05, 3.63) is 45.4 Å². The van der Waals surface area contributed by atoms with Crippen molar-refractivity contribution in [3.63, 3.8) is 0 Å². The SMILES string of the molecule is CCN(CC)CCc1nc(C(F)(F)F)c(C(=O)NCCc2cccc(OC(F)(F)F)c2)s1. The molecule has 0 radical (unpaired) electrons. The molecule has 1 aromatic heterocycles. The molecule has 1 amide bonds. The lowest BCUT2D eigenvalue weighted by Crippen LogP contribution is -2.27. The number of thiazole rings is 1.